The zero-order valence-electron chi connectivity index (χ0n) is 16.2. The molecule has 3 rings (SSSR count). The van der Waals surface area contributed by atoms with Crippen molar-refractivity contribution in [1.29, 1.82) is 0 Å². The van der Waals surface area contributed by atoms with Crippen LogP contribution in [0.5, 0.6) is 5.75 Å². The second-order valence-electron chi connectivity index (χ2n) is 6.28. The van der Waals surface area contributed by atoms with Crippen molar-refractivity contribution in [2.24, 2.45) is 0 Å². The van der Waals surface area contributed by atoms with Crippen LogP contribution in [0.1, 0.15) is 15.9 Å². The molecular weight excluding hydrogens is 408 g/mol. The lowest BCUT2D eigenvalue weighted by Crippen LogP contribution is -2.41. The summed E-state index contributed by atoms with van der Waals surface area (Å²) in [5.41, 5.74) is 0.745. The van der Waals surface area contributed by atoms with E-state index in [1.807, 2.05) is 0 Å². The minimum absolute atomic E-state index is 0.0569. The Hall–Kier alpha value is -3.59. The monoisotopic (exact) mass is 426 g/mol. The number of likely N-dealkylation sites (N-methyl/N-ethyl adjacent to an activating group) is 1. The van der Waals surface area contributed by atoms with E-state index in [1.165, 1.54) is 32.4 Å². The highest BCUT2D eigenvalue weighted by Gasteiger charge is 2.37. The van der Waals surface area contributed by atoms with Gasteiger partial charge in [-0.05, 0) is 36.0 Å². The van der Waals surface area contributed by atoms with Gasteiger partial charge in [-0.2, -0.15) is 0 Å². The summed E-state index contributed by atoms with van der Waals surface area (Å²) in [5, 5.41) is 8.73. The standard InChI is InChI=1S/C21H18N2O6S/c1-22(15-9-5-4-8-14(15)20(26)27)18(24)12-23-19(25)17(30-21(23)28)11-13-7-3-6-10-16(13)29-2/h3-11H,12H2,1-2H3,(H,26,27)/b17-11-. The maximum atomic E-state index is 12.7. The highest BCUT2D eigenvalue weighted by molar-refractivity contribution is 8.18. The second kappa shape index (κ2) is 8.83. The summed E-state index contributed by atoms with van der Waals surface area (Å²) >= 11 is 0.732. The molecule has 154 valence electrons. The molecule has 0 bridgehead atoms. The number of methoxy groups -OCH3 is 1. The second-order valence-corrected chi connectivity index (χ2v) is 7.28. The fourth-order valence-corrected chi connectivity index (χ4v) is 3.72. The Morgan fingerprint density at radius 3 is 2.50 bits per heavy atom. The van der Waals surface area contributed by atoms with Crippen LogP contribution < -0.4 is 9.64 Å². The minimum Gasteiger partial charge on any atom is -0.496 e. The molecule has 0 unspecified atom stereocenters. The number of nitrogens with zero attached hydrogens (tertiary/aromatic N) is 2. The van der Waals surface area contributed by atoms with Crippen molar-refractivity contribution in [3.8, 4) is 5.75 Å². The quantitative estimate of drug-likeness (QED) is 0.708. The van der Waals surface area contributed by atoms with E-state index in [0.717, 1.165) is 21.6 Å². The van der Waals surface area contributed by atoms with Crippen molar-refractivity contribution in [3.63, 3.8) is 0 Å². The predicted octanol–water partition coefficient (Wildman–Crippen LogP) is 3.09. The smallest absolute Gasteiger partial charge is 0.337 e. The van der Waals surface area contributed by atoms with Gasteiger partial charge in [-0.3, -0.25) is 19.3 Å². The van der Waals surface area contributed by atoms with Gasteiger partial charge >= 0.3 is 5.97 Å². The molecule has 1 fully saturated rings. The van der Waals surface area contributed by atoms with E-state index < -0.39 is 29.6 Å². The Kier molecular flexibility index (Phi) is 6.22. The van der Waals surface area contributed by atoms with E-state index in [-0.39, 0.29) is 16.2 Å². The van der Waals surface area contributed by atoms with Crippen LogP contribution in [0.2, 0.25) is 0 Å². The summed E-state index contributed by atoms with van der Waals surface area (Å²) in [6.07, 6.45) is 1.54. The van der Waals surface area contributed by atoms with E-state index in [0.29, 0.717) is 11.3 Å². The number of rotatable bonds is 6. The molecule has 1 aliphatic heterocycles. The summed E-state index contributed by atoms with van der Waals surface area (Å²) < 4.78 is 5.25. The minimum atomic E-state index is -1.18. The number of aromatic carboxylic acids is 1. The number of carbonyl (C=O) groups excluding carboxylic acids is 3. The van der Waals surface area contributed by atoms with Crippen LogP contribution in [0.25, 0.3) is 6.08 Å². The van der Waals surface area contributed by atoms with E-state index in [9.17, 15) is 24.3 Å². The number of para-hydroxylation sites is 2. The molecule has 1 aliphatic rings. The van der Waals surface area contributed by atoms with Crippen molar-refractivity contribution < 1.29 is 29.0 Å². The van der Waals surface area contributed by atoms with Crippen LogP contribution in [0.3, 0.4) is 0 Å². The fraction of sp³-hybridized carbons (Fsp3) is 0.143. The molecular formula is C21H18N2O6S. The Labute approximate surface area is 176 Å². The molecule has 3 amide bonds. The van der Waals surface area contributed by atoms with Gasteiger partial charge in [0.2, 0.25) is 5.91 Å². The molecule has 1 N–H and O–H groups in total. The summed E-state index contributed by atoms with van der Waals surface area (Å²) in [6.45, 7) is -0.502. The number of ether oxygens (including phenoxy) is 1. The number of carboxylic acid groups (broad SMARTS) is 1. The van der Waals surface area contributed by atoms with E-state index in [2.05, 4.69) is 0 Å². The number of anilines is 1. The molecule has 0 spiro atoms. The largest absolute Gasteiger partial charge is 0.496 e. The molecule has 2 aromatic carbocycles. The first kappa shape index (κ1) is 21.1. The third-order valence-electron chi connectivity index (χ3n) is 4.46. The third-order valence-corrected chi connectivity index (χ3v) is 5.37. The third kappa shape index (κ3) is 4.20. The van der Waals surface area contributed by atoms with Crippen molar-refractivity contribution in [2.45, 2.75) is 0 Å². The number of imide groups is 1. The van der Waals surface area contributed by atoms with Gasteiger partial charge in [-0.15, -0.1) is 0 Å². The van der Waals surface area contributed by atoms with Gasteiger partial charge in [0.25, 0.3) is 11.1 Å². The topological polar surface area (TPSA) is 104 Å². The van der Waals surface area contributed by atoms with Crippen molar-refractivity contribution >= 4 is 46.5 Å². The van der Waals surface area contributed by atoms with Crippen molar-refractivity contribution in [3.05, 3.63) is 64.6 Å². The highest BCUT2D eigenvalue weighted by atomic mass is 32.2. The molecule has 0 radical (unpaired) electrons. The molecule has 1 heterocycles. The number of hydrogen-bond donors (Lipinski definition) is 1. The van der Waals surface area contributed by atoms with Gasteiger partial charge < -0.3 is 14.7 Å². The van der Waals surface area contributed by atoms with E-state index in [1.54, 1.807) is 36.4 Å². The highest BCUT2D eigenvalue weighted by Crippen LogP contribution is 2.34. The zero-order valence-corrected chi connectivity index (χ0v) is 17.0. The molecule has 9 heteroatoms. The van der Waals surface area contributed by atoms with E-state index in [4.69, 9.17) is 4.74 Å². The number of carbonyl (C=O) groups is 4. The molecule has 8 nitrogen and oxygen atoms in total. The van der Waals surface area contributed by atoms with Gasteiger partial charge in [-0.1, -0.05) is 30.3 Å². The Morgan fingerprint density at radius 1 is 1.13 bits per heavy atom. The maximum absolute atomic E-state index is 12.7. The van der Waals surface area contributed by atoms with Crippen molar-refractivity contribution in [2.75, 3.05) is 25.6 Å². The van der Waals surface area contributed by atoms with Crippen LogP contribution in [-0.2, 0) is 9.59 Å². The summed E-state index contributed by atoms with van der Waals surface area (Å²) in [7, 11) is 2.90. The average molecular weight is 426 g/mol. The average Bonchev–Trinajstić information content (AvgIpc) is 3.00. The first-order chi connectivity index (χ1) is 14.3. The predicted molar refractivity (Wildman–Crippen MR) is 112 cm³/mol. The Bertz CT molecular complexity index is 1060. The maximum Gasteiger partial charge on any atom is 0.337 e. The zero-order chi connectivity index (χ0) is 21.8. The van der Waals surface area contributed by atoms with Gasteiger partial charge in [0, 0.05) is 12.6 Å². The molecule has 0 aromatic heterocycles. The van der Waals surface area contributed by atoms with Crippen LogP contribution in [0.4, 0.5) is 10.5 Å². The molecule has 2 aromatic rings. The Morgan fingerprint density at radius 2 is 1.80 bits per heavy atom. The van der Waals surface area contributed by atoms with E-state index >= 15 is 0 Å². The first-order valence-corrected chi connectivity index (χ1v) is 9.62. The number of benzene rings is 2. The number of amides is 3. The lowest BCUT2D eigenvalue weighted by atomic mass is 10.1. The number of hydrogen-bond acceptors (Lipinski definition) is 6. The first-order valence-electron chi connectivity index (χ1n) is 8.80. The van der Waals surface area contributed by atoms with Gasteiger partial charge in [-0.25, -0.2) is 4.79 Å². The molecule has 0 atom stereocenters. The summed E-state index contributed by atoms with van der Waals surface area (Å²) in [6, 6.07) is 13.0. The van der Waals surface area contributed by atoms with Crippen LogP contribution in [-0.4, -0.2) is 53.7 Å². The summed E-state index contributed by atoms with van der Waals surface area (Å²) in [5.74, 6) is -1.82. The molecule has 1 saturated heterocycles. The normalized spacial score (nSPS) is 14.9. The van der Waals surface area contributed by atoms with Crippen molar-refractivity contribution in [1.82, 2.24) is 4.90 Å². The fourth-order valence-electron chi connectivity index (χ4n) is 2.89. The van der Waals surface area contributed by atoms with Gasteiger partial charge in [0.05, 0.1) is 23.3 Å². The summed E-state index contributed by atoms with van der Waals surface area (Å²) in [4.78, 5) is 51.2. The number of carboxylic acids is 1. The SMILES string of the molecule is COc1ccccc1/C=C1\SC(=O)N(CC(=O)N(C)c2ccccc2C(=O)O)C1=O. The Balaban J connectivity index is 1.80. The van der Waals surface area contributed by atoms with Crippen LogP contribution in [0, 0.1) is 0 Å². The molecule has 0 saturated carbocycles. The van der Waals surface area contributed by atoms with Gasteiger partial charge in [0.15, 0.2) is 0 Å². The molecule has 0 aliphatic carbocycles. The van der Waals surface area contributed by atoms with Crippen LogP contribution >= 0.6 is 11.8 Å². The number of thioether (sulfide) groups is 1. The van der Waals surface area contributed by atoms with Gasteiger partial charge in [0.1, 0.15) is 12.3 Å². The lowest BCUT2D eigenvalue weighted by molar-refractivity contribution is -0.128. The van der Waals surface area contributed by atoms with Crippen LogP contribution in [0.15, 0.2) is 53.4 Å². The molecule has 30 heavy (non-hydrogen) atoms. The lowest BCUT2D eigenvalue weighted by Gasteiger charge is -2.21.